The van der Waals surface area contributed by atoms with E-state index in [0.29, 0.717) is 13.2 Å². The van der Waals surface area contributed by atoms with Gasteiger partial charge in [-0.3, -0.25) is 0 Å². The Morgan fingerprint density at radius 1 is 1.19 bits per heavy atom. The fourth-order valence-electron chi connectivity index (χ4n) is 1.23. The zero-order chi connectivity index (χ0) is 11.6. The highest BCUT2D eigenvalue weighted by Gasteiger charge is 1.92. The second-order valence-electron chi connectivity index (χ2n) is 3.37. The average molecular weight is 221 g/mol. The Kier molecular flexibility index (Phi) is 6.30. The first-order valence-electron chi connectivity index (χ1n) is 5.39. The molecule has 0 aliphatic rings. The Labute approximate surface area is 97.1 Å². The van der Waals surface area contributed by atoms with Crippen LogP contribution in [0.4, 0.5) is 0 Å². The molecule has 0 aliphatic carbocycles. The molecule has 88 valence electrons. The van der Waals surface area contributed by atoms with Crippen LogP contribution in [0.3, 0.4) is 0 Å². The van der Waals surface area contributed by atoms with E-state index < -0.39 is 0 Å². The van der Waals surface area contributed by atoms with Crippen LogP contribution in [-0.2, 0) is 4.74 Å². The normalized spacial score (nSPS) is 10.9. The Morgan fingerprint density at radius 2 is 1.94 bits per heavy atom. The lowest BCUT2D eigenvalue weighted by molar-refractivity contribution is 0.146. The van der Waals surface area contributed by atoms with Crippen LogP contribution in [0.2, 0.25) is 0 Å². The van der Waals surface area contributed by atoms with Gasteiger partial charge in [0.25, 0.3) is 0 Å². The minimum atomic E-state index is 0.589. The molecule has 0 saturated carbocycles. The number of rotatable bonds is 7. The molecule has 1 N–H and O–H groups in total. The molecule has 1 rings (SSSR count). The lowest BCUT2D eigenvalue weighted by Crippen LogP contribution is -2.04. The Morgan fingerprint density at radius 3 is 2.56 bits per heavy atom. The summed E-state index contributed by atoms with van der Waals surface area (Å²) in [4.78, 5) is 0. The van der Waals surface area contributed by atoms with Crippen LogP contribution in [0.5, 0.6) is 5.75 Å². The molecule has 0 heterocycles. The summed E-state index contributed by atoms with van der Waals surface area (Å²) in [5.41, 5.74) is 1.18. The highest BCUT2D eigenvalue weighted by atomic mass is 16.5. The molecule has 0 fully saturated rings. The van der Waals surface area contributed by atoms with Crippen LogP contribution >= 0.6 is 0 Å². The third kappa shape index (κ3) is 4.96. The van der Waals surface area contributed by atoms with E-state index in [1.807, 2.05) is 31.3 Å². The minimum Gasteiger partial charge on any atom is -0.491 e. The van der Waals surface area contributed by atoms with Gasteiger partial charge in [0, 0.05) is 13.7 Å². The van der Waals surface area contributed by atoms with Gasteiger partial charge in [-0.05, 0) is 24.7 Å². The van der Waals surface area contributed by atoms with E-state index in [-0.39, 0.29) is 0 Å². The summed E-state index contributed by atoms with van der Waals surface area (Å²) < 4.78 is 10.4. The molecule has 0 spiro atoms. The molecule has 0 amide bonds. The van der Waals surface area contributed by atoms with E-state index in [4.69, 9.17) is 9.47 Å². The molecule has 3 nitrogen and oxygen atoms in total. The van der Waals surface area contributed by atoms with E-state index in [1.54, 1.807) is 7.11 Å². The van der Waals surface area contributed by atoms with Crippen molar-refractivity contribution in [2.24, 2.45) is 0 Å². The predicted molar refractivity (Wildman–Crippen MR) is 66.8 cm³/mol. The number of hydrogen-bond donors (Lipinski definition) is 1. The molecular formula is C13H19NO2. The summed E-state index contributed by atoms with van der Waals surface area (Å²) >= 11 is 0. The summed E-state index contributed by atoms with van der Waals surface area (Å²) in [7, 11) is 3.59. The van der Waals surface area contributed by atoms with Crippen molar-refractivity contribution in [2.75, 3.05) is 33.9 Å². The molecule has 0 aromatic heterocycles. The summed E-state index contributed by atoms with van der Waals surface area (Å²) in [5, 5.41) is 3.06. The molecule has 16 heavy (non-hydrogen) atoms. The van der Waals surface area contributed by atoms with Gasteiger partial charge < -0.3 is 14.8 Å². The van der Waals surface area contributed by atoms with Crippen molar-refractivity contribution < 1.29 is 9.47 Å². The van der Waals surface area contributed by atoms with Gasteiger partial charge in [0.2, 0.25) is 0 Å². The topological polar surface area (TPSA) is 30.5 Å². The SMILES string of the molecule is CNCC=Cc1ccc(OCCOC)cc1. The maximum absolute atomic E-state index is 5.47. The lowest BCUT2D eigenvalue weighted by atomic mass is 10.2. The Hall–Kier alpha value is -1.32. The molecular weight excluding hydrogens is 202 g/mol. The number of ether oxygens (including phenoxy) is 2. The number of methoxy groups -OCH3 is 1. The fourth-order valence-corrected chi connectivity index (χ4v) is 1.23. The van der Waals surface area contributed by atoms with Crippen molar-refractivity contribution in [1.29, 1.82) is 0 Å². The second-order valence-corrected chi connectivity index (χ2v) is 3.37. The van der Waals surface area contributed by atoms with Gasteiger partial charge in [-0.2, -0.15) is 0 Å². The number of benzene rings is 1. The summed E-state index contributed by atoms with van der Waals surface area (Å²) in [6, 6.07) is 8.01. The van der Waals surface area contributed by atoms with Gasteiger partial charge in [-0.25, -0.2) is 0 Å². The van der Waals surface area contributed by atoms with Gasteiger partial charge in [0.1, 0.15) is 12.4 Å². The van der Waals surface area contributed by atoms with Crippen LogP contribution in [0, 0.1) is 0 Å². The number of likely N-dealkylation sites (N-methyl/N-ethyl adjacent to an activating group) is 1. The van der Waals surface area contributed by atoms with Gasteiger partial charge >= 0.3 is 0 Å². The monoisotopic (exact) mass is 221 g/mol. The first kappa shape index (κ1) is 12.7. The molecule has 0 unspecified atom stereocenters. The zero-order valence-corrected chi connectivity index (χ0v) is 9.90. The van der Waals surface area contributed by atoms with Crippen LogP contribution in [0.15, 0.2) is 30.3 Å². The van der Waals surface area contributed by atoms with Gasteiger partial charge in [0.15, 0.2) is 0 Å². The van der Waals surface area contributed by atoms with Crippen LogP contribution in [-0.4, -0.2) is 33.9 Å². The van der Waals surface area contributed by atoms with Crippen molar-refractivity contribution in [2.45, 2.75) is 0 Å². The maximum atomic E-state index is 5.47. The fraction of sp³-hybridized carbons (Fsp3) is 0.385. The highest BCUT2D eigenvalue weighted by Crippen LogP contribution is 2.12. The molecule has 0 saturated heterocycles. The van der Waals surface area contributed by atoms with Crippen molar-refractivity contribution >= 4 is 6.08 Å². The third-order valence-corrected chi connectivity index (χ3v) is 2.07. The quantitative estimate of drug-likeness (QED) is 0.714. The van der Waals surface area contributed by atoms with E-state index in [2.05, 4.69) is 17.5 Å². The van der Waals surface area contributed by atoms with Gasteiger partial charge in [-0.1, -0.05) is 24.3 Å². The third-order valence-electron chi connectivity index (χ3n) is 2.07. The summed E-state index contributed by atoms with van der Waals surface area (Å²) in [6.07, 6.45) is 4.16. The zero-order valence-electron chi connectivity index (χ0n) is 9.90. The van der Waals surface area contributed by atoms with Crippen molar-refractivity contribution in [3.05, 3.63) is 35.9 Å². The lowest BCUT2D eigenvalue weighted by Gasteiger charge is -2.05. The molecule has 0 radical (unpaired) electrons. The smallest absolute Gasteiger partial charge is 0.119 e. The second kappa shape index (κ2) is 7.91. The molecule has 3 heteroatoms. The summed E-state index contributed by atoms with van der Waals surface area (Å²) in [6.45, 7) is 2.08. The van der Waals surface area contributed by atoms with E-state index >= 15 is 0 Å². The molecule has 0 aliphatic heterocycles. The molecule has 0 atom stereocenters. The van der Waals surface area contributed by atoms with Gasteiger partial charge in [0.05, 0.1) is 6.61 Å². The van der Waals surface area contributed by atoms with Crippen LogP contribution in [0.1, 0.15) is 5.56 Å². The van der Waals surface area contributed by atoms with Crippen molar-refractivity contribution in [3.63, 3.8) is 0 Å². The van der Waals surface area contributed by atoms with E-state index in [0.717, 1.165) is 12.3 Å². The standard InChI is InChI=1S/C13H19NO2/c1-14-9-3-4-12-5-7-13(8-6-12)16-11-10-15-2/h3-8,14H,9-11H2,1-2H3. The first-order chi connectivity index (χ1) is 7.86. The van der Waals surface area contributed by atoms with Crippen molar-refractivity contribution in [1.82, 2.24) is 5.32 Å². The Balaban J connectivity index is 2.41. The highest BCUT2D eigenvalue weighted by molar-refractivity contribution is 5.50. The van der Waals surface area contributed by atoms with Crippen LogP contribution < -0.4 is 10.1 Å². The molecule has 0 bridgehead atoms. The average Bonchev–Trinajstić information content (AvgIpc) is 2.32. The summed E-state index contributed by atoms with van der Waals surface area (Å²) in [5.74, 6) is 0.878. The maximum Gasteiger partial charge on any atom is 0.119 e. The first-order valence-corrected chi connectivity index (χ1v) is 5.39. The van der Waals surface area contributed by atoms with Crippen molar-refractivity contribution in [3.8, 4) is 5.75 Å². The van der Waals surface area contributed by atoms with E-state index in [9.17, 15) is 0 Å². The predicted octanol–water partition coefficient (Wildman–Crippen LogP) is 1.94. The number of nitrogens with one attached hydrogen (secondary N) is 1. The number of hydrogen-bond acceptors (Lipinski definition) is 3. The molecule has 1 aromatic rings. The van der Waals surface area contributed by atoms with E-state index in [1.165, 1.54) is 5.56 Å². The molecule has 1 aromatic carbocycles. The largest absolute Gasteiger partial charge is 0.491 e. The minimum absolute atomic E-state index is 0.589. The van der Waals surface area contributed by atoms with Crippen LogP contribution in [0.25, 0.3) is 6.08 Å². The van der Waals surface area contributed by atoms with Gasteiger partial charge in [-0.15, -0.1) is 0 Å². The Bertz CT molecular complexity index is 306.